The minimum absolute atomic E-state index is 0.361. The van der Waals surface area contributed by atoms with Gasteiger partial charge in [-0.3, -0.25) is 14.2 Å². The van der Waals surface area contributed by atoms with Crippen molar-refractivity contribution < 1.29 is 24.9 Å². The Hall–Kier alpha value is -1.81. The minimum atomic E-state index is -1.43. The predicted octanol–water partition coefficient (Wildman–Crippen LogP) is -3.05. The zero-order valence-electron chi connectivity index (χ0n) is 9.71. The number of primary amides is 1. The normalized spacial score (nSPS) is 30.5. The fraction of sp³-hybridized carbons (Fsp3) is 0.500. The first-order valence-electron chi connectivity index (χ1n) is 5.45. The number of carbonyl (C=O) groups is 1. The molecule has 1 aliphatic rings. The predicted molar refractivity (Wildman–Crippen MR) is 60.0 cm³/mol. The van der Waals surface area contributed by atoms with Crippen LogP contribution in [0, 0.1) is 0 Å². The third kappa shape index (κ3) is 2.24. The van der Waals surface area contributed by atoms with E-state index in [0.29, 0.717) is 0 Å². The molecule has 0 saturated carbocycles. The van der Waals surface area contributed by atoms with Crippen molar-refractivity contribution in [3.8, 4) is 0 Å². The second kappa shape index (κ2) is 5.05. The van der Waals surface area contributed by atoms with Gasteiger partial charge in [0.1, 0.15) is 23.9 Å². The van der Waals surface area contributed by atoms with E-state index in [1.807, 2.05) is 0 Å². The Morgan fingerprint density at radius 2 is 2.16 bits per heavy atom. The van der Waals surface area contributed by atoms with Crippen molar-refractivity contribution in [2.45, 2.75) is 24.5 Å². The van der Waals surface area contributed by atoms with Gasteiger partial charge in [0.15, 0.2) is 6.23 Å². The molecule has 1 aromatic heterocycles. The maximum absolute atomic E-state index is 11.9. The summed E-state index contributed by atoms with van der Waals surface area (Å²) in [5.41, 5.74) is 3.86. The Morgan fingerprint density at radius 1 is 1.47 bits per heavy atom. The number of ether oxygens (including phenoxy) is 1. The number of hydrogen-bond acceptors (Lipinski definition) is 7. The molecule has 0 bridgehead atoms. The summed E-state index contributed by atoms with van der Waals surface area (Å²) in [6.07, 6.45) is -2.99. The molecule has 2 rings (SSSR count). The number of hydrogen-bond donors (Lipinski definition) is 4. The van der Waals surface area contributed by atoms with Crippen molar-refractivity contribution in [2.24, 2.45) is 5.73 Å². The Kier molecular flexibility index (Phi) is 3.62. The summed E-state index contributed by atoms with van der Waals surface area (Å²) >= 11 is 0. The Balaban J connectivity index is 2.41. The molecule has 19 heavy (non-hydrogen) atoms. The summed E-state index contributed by atoms with van der Waals surface area (Å²) in [6, 6.07) is 0. The van der Waals surface area contributed by atoms with Crippen LogP contribution in [0.5, 0.6) is 0 Å². The quantitative estimate of drug-likeness (QED) is 0.456. The van der Waals surface area contributed by atoms with Crippen LogP contribution in [-0.2, 0) is 4.74 Å². The van der Waals surface area contributed by atoms with E-state index >= 15 is 0 Å². The van der Waals surface area contributed by atoms with Crippen LogP contribution in [0.3, 0.4) is 0 Å². The van der Waals surface area contributed by atoms with Gasteiger partial charge in [-0.15, -0.1) is 0 Å². The number of nitrogens with zero attached hydrogens (tertiary/aromatic N) is 2. The first-order valence-corrected chi connectivity index (χ1v) is 5.45. The van der Waals surface area contributed by atoms with Gasteiger partial charge in [-0.1, -0.05) is 0 Å². The van der Waals surface area contributed by atoms with Crippen molar-refractivity contribution in [1.82, 2.24) is 9.55 Å². The van der Waals surface area contributed by atoms with Gasteiger partial charge in [-0.2, -0.15) is 0 Å². The van der Waals surface area contributed by atoms with Gasteiger partial charge in [0.2, 0.25) is 0 Å². The van der Waals surface area contributed by atoms with Gasteiger partial charge >= 0.3 is 0 Å². The van der Waals surface area contributed by atoms with Crippen LogP contribution in [0.1, 0.15) is 16.6 Å². The number of amides is 1. The largest absolute Gasteiger partial charge is 0.394 e. The highest BCUT2D eigenvalue weighted by Crippen LogP contribution is 2.27. The summed E-state index contributed by atoms with van der Waals surface area (Å²) in [6.45, 7) is -0.521. The standard InChI is InChI=1S/C10H13N3O6/c11-8(17)4-1-12-3-13(9(4)18)10-7(16)6(15)5(2-14)19-10/h1,3,5-7,10,14-16H,2H2,(H2,11,17)/t5-,6?,7?,10-/m1/s1. The molecule has 2 heterocycles. The van der Waals surface area contributed by atoms with Crippen molar-refractivity contribution in [3.63, 3.8) is 0 Å². The van der Waals surface area contributed by atoms with Gasteiger partial charge in [-0.05, 0) is 0 Å². The molecule has 9 heteroatoms. The van der Waals surface area contributed by atoms with E-state index in [1.54, 1.807) is 0 Å². The number of aliphatic hydroxyl groups excluding tert-OH is 3. The van der Waals surface area contributed by atoms with Crippen LogP contribution in [0.25, 0.3) is 0 Å². The van der Waals surface area contributed by atoms with Gasteiger partial charge in [0.05, 0.1) is 12.9 Å². The fourth-order valence-electron chi connectivity index (χ4n) is 1.89. The topological polar surface area (TPSA) is 148 Å². The number of aromatic nitrogens is 2. The molecule has 1 amide bonds. The maximum atomic E-state index is 11.9. The molecule has 104 valence electrons. The molecule has 0 spiro atoms. The molecule has 0 aromatic carbocycles. The Labute approximate surface area is 106 Å². The molecule has 1 fully saturated rings. The van der Waals surface area contributed by atoms with Crippen LogP contribution in [0.2, 0.25) is 0 Å². The van der Waals surface area contributed by atoms with Crippen molar-refractivity contribution in [2.75, 3.05) is 6.61 Å². The lowest BCUT2D eigenvalue weighted by atomic mass is 10.1. The Bertz CT molecular complexity index is 544. The fourth-order valence-corrected chi connectivity index (χ4v) is 1.89. The van der Waals surface area contributed by atoms with E-state index in [0.717, 1.165) is 17.1 Å². The summed E-state index contributed by atoms with van der Waals surface area (Å²) in [5, 5.41) is 28.3. The molecule has 1 aromatic rings. The number of rotatable bonds is 3. The van der Waals surface area contributed by atoms with Gasteiger partial charge in [0, 0.05) is 6.20 Å². The summed E-state index contributed by atoms with van der Waals surface area (Å²) in [7, 11) is 0. The van der Waals surface area contributed by atoms with Gasteiger partial charge in [0.25, 0.3) is 11.5 Å². The summed E-state index contributed by atoms with van der Waals surface area (Å²) < 4.78 is 6.01. The number of carbonyl (C=O) groups excluding carboxylic acids is 1. The monoisotopic (exact) mass is 271 g/mol. The lowest BCUT2D eigenvalue weighted by molar-refractivity contribution is -0.0549. The molecule has 4 atom stereocenters. The van der Waals surface area contributed by atoms with E-state index in [4.69, 9.17) is 15.6 Å². The van der Waals surface area contributed by atoms with Crippen molar-refractivity contribution in [3.05, 3.63) is 28.4 Å². The SMILES string of the molecule is NC(=O)c1cncn([C@@H]2O[C@H](CO)C(O)C2O)c1=O. The average Bonchev–Trinajstić information content (AvgIpc) is 2.66. The van der Waals surface area contributed by atoms with E-state index in [2.05, 4.69) is 4.98 Å². The first-order chi connectivity index (χ1) is 8.97. The van der Waals surface area contributed by atoms with Crippen LogP contribution < -0.4 is 11.3 Å². The summed E-state index contributed by atoms with van der Waals surface area (Å²) in [4.78, 5) is 26.6. The second-order valence-electron chi connectivity index (χ2n) is 4.11. The zero-order chi connectivity index (χ0) is 14.2. The van der Waals surface area contributed by atoms with Crippen LogP contribution in [0.4, 0.5) is 0 Å². The average molecular weight is 271 g/mol. The smallest absolute Gasteiger partial charge is 0.268 e. The van der Waals surface area contributed by atoms with Crippen LogP contribution >= 0.6 is 0 Å². The lowest BCUT2D eigenvalue weighted by Crippen LogP contribution is -2.37. The highest BCUT2D eigenvalue weighted by Gasteiger charge is 2.43. The maximum Gasteiger partial charge on any atom is 0.268 e. The van der Waals surface area contributed by atoms with E-state index in [9.17, 15) is 19.8 Å². The highest BCUT2D eigenvalue weighted by atomic mass is 16.6. The molecule has 1 saturated heterocycles. The van der Waals surface area contributed by atoms with Gasteiger partial charge < -0.3 is 25.8 Å². The second-order valence-corrected chi connectivity index (χ2v) is 4.11. The molecule has 9 nitrogen and oxygen atoms in total. The van der Waals surface area contributed by atoms with E-state index < -0.39 is 42.6 Å². The molecule has 1 aliphatic heterocycles. The van der Waals surface area contributed by atoms with Crippen LogP contribution in [0.15, 0.2) is 17.3 Å². The van der Waals surface area contributed by atoms with Crippen molar-refractivity contribution >= 4 is 5.91 Å². The number of aliphatic hydroxyl groups is 3. The first kappa shape index (κ1) is 13.6. The number of nitrogens with two attached hydrogens (primary N) is 1. The minimum Gasteiger partial charge on any atom is -0.394 e. The zero-order valence-corrected chi connectivity index (χ0v) is 9.71. The Morgan fingerprint density at radius 3 is 2.68 bits per heavy atom. The molecular formula is C10H13N3O6. The molecule has 0 radical (unpaired) electrons. The van der Waals surface area contributed by atoms with E-state index in [-0.39, 0.29) is 5.56 Å². The third-order valence-electron chi connectivity index (χ3n) is 2.92. The molecular weight excluding hydrogens is 258 g/mol. The summed E-state index contributed by atoms with van der Waals surface area (Å²) in [5.74, 6) is -0.960. The van der Waals surface area contributed by atoms with E-state index in [1.165, 1.54) is 0 Å². The molecule has 0 aliphatic carbocycles. The van der Waals surface area contributed by atoms with Crippen LogP contribution in [-0.4, -0.2) is 55.7 Å². The molecule has 2 unspecified atom stereocenters. The molecule has 5 N–H and O–H groups in total. The third-order valence-corrected chi connectivity index (χ3v) is 2.92. The lowest BCUT2D eigenvalue weighted by Gasteiger charge is -2.17. The van der Waals surface area contributed by atoms with Gasteiger partial charge in [-0.25, -0.2) is 4.98 Å². The highest BCUT2D eigenvalue weighted by molar-refractivity contribution is 5.91. The van der Waals surface area contributed by atoms with Crippen molar-refractivity contribution in [1.29, 1.82) is 0 Å².